The van der Waals surface area contributed by atoms with Gasteiger partial charge in [-0.15, -0.1) is 24.0 Å². The minimum atomic E-state index is 0. The molecule has 1 unspecified atom stereocenters. The van der Waals surface area contributed by atoms with E-state index in [-0.39, 0.29) is 24.0 Å². The van der Waals surface area contributed by atoms with E-state index in [4.69, 9.17) is 19.2 Å². The maximum absolute atomic E-state index is 6.40. The van der Waals surface area contributed by atoms with Crippen molar-refractivity contribution in [2.45, 2.75) is 57.7 Å². The van der Waals surface area contributed by atoms with Crippen LogP contribution >= 0.6 is 24.0 Å². The number of ether oxygens (including phenoxy) is 3. The third-order valence-electron chi connectivity index (χ3n) is 6.63. The van der Waals surface area contributed by atoms with Crippen molar-refractivity contribution in [3.8, 4) is 11.5 Å². The first-order valence-corrected chi connectivity index (χ1v) is 12.0. The Hall–Kier alpha value is -1.26. The molecule has 4 rings (SSSR count). The molecule has 2 aliphatic heterocycles. The highest BCUT2D eigenvalue weighted by Crippen LogP contribution is 2.35. The second-order valence-electron chi connectivity index (χ2n) is 8.68. The third kappa shape index (κ3) is 6.41. The lowest BCUT2D eigenvalue weighted by molar-refractivity contribution is 0.0195. The zero-order chi connectivity index (χ0) is 21.5. The molecule has 1 atom stereocenters. The number of aliphatic imine (C=N–C) groups is 1. The van der Waals surface area contributed by atoms with Crippen molar-refractivity contribution < 1.29 is 14.2 Å². The van der Waals surface area contributed by atoms with Gasteiger partial charge in [0.25, 0.3) is 0 Å². The lowest BCUT2D eigenvalue weighted by Gasteiger charge is -2.32. The molecule has 0 amide bonds. The number of nitrogens with zero attached hydrogens (tertiary/aromatic N) is 3. The van der Waals surface area contributed by atoms with Crippen molar-refractivity contribution in [1.82, 2.24) is 15.1 Å². The Labute approximate surface area is 209 Å². The Morgan fingerprint density at radius 1 is 1.16 bits per heavy atom. The number of likely N-dealkylation sites (tertiary alicyclic amines) is 1. The summed E-state index contributed by atoms with van der Waals surface area (Å²) >= 11 is 0. The van der Waals surface area contributed by atoms with Crippen LogP contribution in [0.4, 0.5) is 0 Å². The molecule has 1 aromatic rings. The van der Waals surface area contributed by atoms with E-state index >= 15 is 0 Å². The molecule has 1 saturated carbocycles. The summed E-state index contributed by atoms with van der Waals surface area (Å²) in [5.41, 5.74) is 1.09. The van der Waals surface area contributed by atoms with E-state index < -0.39 is 0 Å². The number of benzene rings is 1. The summed E-state index contributed by atoms with van der Waals surface area (Å²) in [4.78, 5) is 9.98. The van der Waals surface area contributed by atoms with Gasteiger partial charge >= 0.3 is 0 Å². The van der Waals surface area contributed by atoms with Crippen LogP contribution in [0.5, 0.6) is 11.5 Å². The molecule has 1 N–H and O–H groups in total. The smallest absolute Gasteiger partial charge is 0.194 e. The van der Waals surface area contributed by atoms with Crippen LogP contribution in [0.1, 0.15) is 44.6 Å². The predicted molar refractivity (Wildman–Crippen MR) is 138 cm³/mol. The van der Waals surface area contributed by atoms with Gasteiger partial charge in [0.1, 0.15) is 0 Å². The van der Waals surface area contributed by atoms with Crippen LogP contribution < -0.4 is 14.8 Å². The van der Waals surface area contributed by atoms with Crippen molar-refractivity contribution in [3.63, 3.8) is 0 Å². The van der Waals surface area contributed by atoms with Gasteiger partial charge in [0, 0.05) is 44.3 Å². The van der Waals surface area contributed by atoms with Gasteiger partial charge in [-0.2, -0.15) is 0 Å². The molecule has 3 fully saturated rings. The van der Waals surface area contributed by atoms with Crippen LogP contribution in [0.3, 0.4) is 0 Å². The number of nitrogens with one attached hydrogen (secondary N) is 1. The number of morpholine rings is 1. The molecule has 0 bridgehead atoms. The molecule has 7 nitrogen and oxygen atoms in total. The fraction of sp³-hybridized carbons (Fsp3) is 0.708. The van der Waals surface area contributed by atoms with Gasteiger partial charge in [0.05, 0.1) is 33.0 Å². The van der Waals surface area contributed by atoms with Gasteiger partial charge in [-0.25, -0.2) is 4.99 Å². The molecule has 1 aliphatic carbocycles. The minimum Gasteiger partial charge on any atom is -0.493 e. The van der Waals surface area contributed by atoms with Gasteiger partial charge in [0.15, 0.2) is 17.5 Å². The predicted octanol–water partition coefficient (Wildman–Crippen LogP) is 3.51. The third-order valence-corrected chi connectivity index (χ3v) is 6.63. The van der Waals surface area contributed by atoms with Crippen molar-refractivity contribution in [1.29, 1.82) is 0 Å². The average molecular weight is 559 g/mol. The summed E-state index contributed by atoms with van der Waals surface area (Å²) in [6.45, 7) is 9.42. The largest absolute Gasteiger partial charge is 0.493 e. The minimum absolute atomic E-state index is 0. The number of methoxy groups -OCH3 is 1. The van der Waals surface area contributed by atoms with Gasteiger partial charge in [0.2, 0.25) is 0 Å². The topological polar surface area (TPSA) is 58.6 Å². The standard InChI is InChI=1S/C24H38N4O3.HI/c1-3-25-24(28-12-11-20(18-28)27-13-15-30-16-14-27)26-17-19-7-6-10-22(29-2)23(19)31-21-8-4-5-9-21;/h6-7,10,20-21H,3-5,8-9,11-18H2,1-2H3,(H,25,26);1H. The lowest BCUT2D eigenvalue weighted by Crippen LogP contribution is -2.46. The van der Waals surface area contributed by atoms with Crippen molar-refractivity contribution in [3.05, 3.63) is 23.8 Å². The fourth-order valence-corrected chi connectivity index (χ4v) is 4.91. The Morgan fingerprint density at radius 3 is 2.66 bits per heavy atom. The molecule has 3 aliphatic rings. The summed E-state index contributed by atoms with van der Waals surface area (Å²) in [5.74, 6) is 2.66. The second-order valence-corrected chi connectivity index (χ2v) is 8.68. The summed E-state index contributed by atoms with van der Waals surface area (Å²) in [5, 5.41) is 3.50. The van der Waals surface area contributed by atoms with E-state index in [0.29, 0.717) is 18.7 Å². The van der Waals surface area contributed by atoms with E-state index in [1.807, 2.05) is 12.1 Å². The Bertz CT molecular complexity index is 736. The lowest BCUT2D eigenvalue weighted by atomic mass is 10.1. The van der Waals surface area contributed by atoms with Crippen LogP contribution in [0.25, 0.3) is 0 Å². The molecule has 180 valence electrons. The number of guanidine groups is 1. The van der Waals surface area contributed by atoms with E-state index in [1.54, 1.807) is 7.11 Å². The van der Waals surface area contributed by atoms with Gasteiger partial charge < -0.3 is 24.4 Å². The zero-order valence-electron chi connectivity index (χ0n) is 19.6. The Morgan fingerprint density at radius 2 is 1.94 bits per heavy atom. The quantitative estimate of drug-likeness (QED) is 0.314. The molecular weight excluding hydrogens is 519 g/mol. The molecule has 32 heavy (non-hydrogen) atoms. The maximum atomic E-state index is 6.40. The molecular formula is C24H39IN4O3. The molecule has 0 radical (unpaired) electrons. The van der Waals surface area contributed by atoms with Gasteiger partial charge in [-0.3, -0.25) is 4.90 Å². The van der Waals surface area contributed by atoms with Crippen molar-refractivity contribution in [2.24, 2.45) is 4.99 Å². The van der Waals surface area contributed by atoms with E-state index in [2.05, 4.69) is 28.1 Å². The number of halogens is 1. The van der Waals surface area contributed by atoms with Crippen LogP contribution in [-0.4, -0.2) is 81.0 Å². The number of hydrogen-bond donors (Lipinski definition) is 1. The molecule has 2 heterocycles. The normalized spacial score (nSPS) is 22.6. The van der Waals surface area contributed by atoms with E-state index in [9.17, 15) is 0 Å². The molecule has 0 spiro atoms. The highest BCUT2D eigenvalue weighted by Gasteiger charge is 2.30. The van der Waals surface area contributed by atoms with Gasteiger partial charge in [-0.1, -0.05) is 12.1 Å². The van der Waals surface area contributed by atoms with Crippen LogP contribution in [0.2, 0.25) is 0 Å². The average Bonchev–Trinajstić information content (AvgIpc) is 3.50. The van der Waals surface area contributed by atoms with E-state index in [1.165, 1.54) is 19.3 Å². The molecule has 8 heteroatoms. The monoisotopic (exact) mass is 558 g/mol. The molecule has 1 aromatic carbocycles. The Balaban J connectivity index is 0.00000289. The SMILES string of the molecule is CCNC(=NCc1cccc(OC)c1OC1CCCC1)N1CCC(N2CCOCC2)C1.I. The Kier molecular flexibility index (Phi) is 10.2. The van der Waals surface area contributed by atoms with Crippen molar-refractivity contribution >= 4 is 29.9 Å². The first-order valence-electron chi connectivity index (χ1n) is 12.0. The summed E-state index contributed by atoms with van der Waals surface area (Å²) in [6.07, 6.45) is 6.22. The number of hydrogen-bond acceptors (Lipinski definition) is 5. The van der Waals surface area contributed by atoms with Crippen molar-refractivity contribution in [2.75, 3.05) is 53.0 Å². The zero-order valence-corrected chi connectivity index (χ0v) is 21.9. The van der Waals surface area contributed by atoms with Gasteiger partial charge in [-0.05, 0) is 45.1 Å². The molecule has 2 saturated heterocycles. The highest BCUT2D eigenvalue weighted by molar-refractivity contribution is 14.0. The fourth-order valence-electron chi connectivity index (χ4n) is 4.91. The first kappa shape index (κ1) is 25.4. The van der Waals surface area contributed by atoms with Crippen LogP contribution in [-0.2, 0) is 11.3 Å². The van der Waals surface area contributed by atoms with E-state index in [0.717, 1.165) is 81.8 Å². The van der Waals surface area contributed by atoms with Crippen LogP contribution in [0, 0.1) is 0 Å². The molecule has 0 aromatic heterocycles. The second kappa shape index (κ2) is 12.8. The highest BCUT2D eigenvalue weighted by atomic mass is 127. The van der Waals surface area contributed by atoms with Crippen LogP contribution in [0.15, 0.2) is 23.2 Å². The maximum Gasteiger partial charge on any atom is 0.194 e. The summed E-state index contributed by atoms with van der Waals surface area (Å²) < 4.78 is 17.5. The number of rotatable bonds is 7. The first-order chi connectivity index (χ1) is 15.3. The summed E-state index contributed by atoms with van der Waals surface area (Å²) in [6, 6.07) is 6.71. The number of para-hydroxylation sites is 1. The summed E-state index contributed by atoms with van der Waals surface area (Å²) in [7, 11) is 1.71.